The molecule has 4 rings (SSSR count). The lowest BCUT2D eigenvalue weighted by molar-refractivity contribution is -0.137. The average Bonchev–Trinajstić information content (AvgIpc) is 3.42. The molecule has 0 bridgehead atoms. The van der Waals surface area contributed by atoms with E-state index in [1.54, 1.807) is 16.2 Å². The molecule has 1 aliphatic heterocycles. The van der Waals surface area contributed by atoms with Crippen LogP contribution in [0.1, 0.15) is 33.0 Å². The van der Waals surface area contributed by atoms with Crippen molar-refractivity contribution in [1.29, 1.82) is 0 Å². The molecule has 1 aromatic carbocycles. The lowest BCUT2D eigenvalue weighted by Gasteiger charge is -2.27. The molecule has 0 saturated heterocycles. The van der Waals surface area contributed by atoms with Crippen molar-refractivity contribution in [3.05, 3.63) is 69.6 Å². The molecule has 9 heteroatoms. The summed E-state index contributed by atoms with van der Waals surface area (Å²) in [5.41, 5.74) is 0.603. The number of rotatable bonds is 5. The number of alkyl halides is 3. The number of carbonyl (C=O) groups is 2. The number of nitrogens with zero attached hydrogens (tertiary/aromatic N) is 1. The third-order valence-electron chi connectivity index (χ3n) is 5.09. The Balaban J connectivity index is 1.31. The maximum Gasteiger partial charge on any atom is 0.416 e. The molecule has 5 nitrogen and oxygen atoms in total. The van der Waals surface area contributed by atoms with Crippen LogP contribution in [0.15, 0.2) is 52.3 Å². The minimum absolute atomic E-state index is 0.0271. The highest BCUT2D eigenvalue weighted by Gasteiger charge is 2.30. The van der Waals surface area contributed by atoms with Crippen LogP contribution in [-0.4, -0.2) is 29.8 Å². The smallest absolute Gasteiger partial charge is 0.416 e. The summed E-state index contributed by atoms with van der Waals surface area (Å²) >= 11 is 1.70. The predicted octanol–water partition coefficient (Wildman–Crippen LogP) is 4.73. The maximum atomic E-state index is 12.9. The van der Waals surface area contributed by atoms with Crippen molar-refractivity contribution in [2.45, 2.75) is 25.6 Å². The molecule has 0 unspecified atom stereocenters. The highest BCUT2D eigenvalue weighted by atomic mass is 32.1. The van der Waals surface area contributed by atoms with E-state index < -0.39 is 17.6 Å². The quantitative estimate of drug-likeness (QED) is 0.614. The lowest BCUT2D eigenvalue weighted by atomic mass is 10.1. The third kappa shape index (κ3) is 4.82. The molecule has 0 aliphatic carbocycles. The van der Waals surface area contributed by atoms with E-state index in [2.05, 4.69) is 5.32 Å². The summed E-state index contributed by atoms with van der Waals surface area (Å²) in [5.74, 6) is -0.431. The monoisotopic (exact) mass is 448 g/mol. The first-order valence-corrected chi connectivity index (χ1v) is 10.6. The molecule has 2 amide bonds. The molecule has 1 N–H and O–H groups in total. The summed E-state index contributed by atoms with van der Waals surface area (Å²) in [6, 6.07) is 9.57. The molecule has 0 saturated carbocycles. The number of amides is 2. The zero-order chi connectivity index (χ0) is 22.0. The van der Waals surface area contributed by atoms with Crippen molar-refractivity contribution in [3.8, 4) is 11.3 Å². The molecule has 3 aromatic rings. The highest BCUT2D eigenvalue weighted by Crippen LogP contribution is 2.32. The molecule has 2 aromatic heterocycles. The zero-order valence-electron chi connectivity index (χ0n) is 16.4. The fourth-order valence-corrected chi connectivity index (χ4v) is 4.34. The van der Waals surface area contributed by atoms with Gasteiger partial charge < -0.3 is 14.6 Å². The Morgan fingerprint density at radius 1 is 1.16 bits per heavy atom. The summed E-state index contributed by atoms with van der Waals surface area (Å²) in [7, 11) is 0. The van der Waals surface area contributed by atoms with E-state index in [4.69, 9.17) is 4.42 Å². The van der Waals surface area contributed by atoms with Gasteiger partial charge >= 0.3 is 6.18 Å². The molecule has 0 spiro atoms. The summed E-state index contributed by atoms with van der Waals surface area (Å²) < 4.78 is 44.1. The van der Waals surface area contributed by atoms with E-state index in [1.807, 2.05) is 11.4 Å². The number of carbonyl (C=O) groups excluding carboxylic acids is 2. The number of benzene rings is 1. The van der Waals surface area contributed by atoms with Crippen molar-refractivity contribution >= 4 is 23.2 Å². The van der Waals surface area contributed by atoms with Crippen LogP contribution in [0.4, 0.5) is 13.2 Å². The van der Waals surface area contributed by atoms with Gasteiger partial charge in [0.2, 0.25) is 5.91 Å². The molecular formula is C22H19F3N2O3S. The van der Waals surface area contributed by atoms with Crippen LogP contribution in [0.2, 0.25) is 0 Å². The number of hydrogen-bond donors (Lipinski definition) is 1. The van der Waals surface area contributed by atoms with Crippen LogP contribution in [0.3, 0.4) is 0 Å². The fourth-order valence-electron chi connectivity index (χ4n) is 3.45. The van der Waals surface area contributed by atoms with Gasteiger partial charge in [-0.3, -0.25) is 9.59 Å². The zero-order valence-corrected chi connectivity index (χ0v) is 17.2. The topological polar surface area (TPSA) is 62.6 Å². The number of nitrogens with one attached hydrogen (secondary N) is 1. The summed E-state index contributed by atoms with van der Waals surface area (Å²) in [5, 5.41) is 4.65. The van der Waals surface area contributed by atoms with Gasteiger partial charge in [0.15, 0.2) is 5.76 Å². The van der Waals surface area contributed by atoms with Gasteiger partial charge in [0.25, 0.3) is 5.91 Å². The first-order valence-electron chi connectivity index (χ1n) is 9.70. The number of halogens is 3. The van der Waals surface area contributed by atoms with Crippen molar-refractivity contribution < 1.29 is 27.2 Å². The lowest BCUT2D eigenvalue weighted by Crippen LogP contribution is -2.37. The van der Waals surface area contributed by atoms with E-state index in [9.17, 15) is 22.8 Å². The SMILES string of the molecule is O=C(NCCC(=O)N1CCc2sccc2C1)c1ccc(-c2cccc(C(F)(F)F)c2)o1. The second-order valence-corrected chi connectivity index (χ2v) is 8.18. The average molecular weight is 448 g/mol. The Hall–Kier alpha value is -3.07. The summed E-state index contributed by atoms with van der Waals surface area (Å²) in [6.07, 6.45) is -3.46. The van der Waals surface area contributed by atoms with Gasteiger partial charge in [-0.05, 0) is 47.7 Å². The second-order valence-electron chi connectivity index (χ2n) is 7.18. The number of thiophene rings is 1. The van der Waals surface area contributed by atoms with Gasteiger partial charge in [-0.25, -0.2) is 0 Å². The van der Waals surface area contributed by atoms with Gasteiger partial charge in [0.1, 0.15) is 5.76 Å². The maximum absolute atomic E-state index is 12.9. The number of hydrogen-bond acceptors (Lipinski definition) is 4. The highest BCUT2D eigenvalue weighted by molar-refractivity contribution is 7.10. The van der Waals surface area contributed by atoms with E-state index in [0.717, 1.165) is 18.6 Å². The fraction of sp³-hybridized carbons (Fsp3) is 0.273. The van der Waals surface area contributed by atoms with E-state index in [1.165, 1.54) is 34.7 Å². The van der Waals surface area contributed by atoms with Crippen LogP contribution in [0, 0.1) is 0 Å². The van der Waals surface area contributed by atoms with Gasteiger partial charge in [0.05, 0.1) is 5.56 Å². The number of furan rings is 1. The molecule has 31 heavy (non-hydrogen) atoms. The molecule has 162 valence electrons. The van der Waals surface area contributed by atoms with Crippen molar-refractivity contribution in [3.63, 3.8) is 0 Å². The van der Waals surface area contributed by atoms with Gasteiger partial charge in [-0.1, -0.05) is 12.1 Å². The summed E-state index contributed by atoms with van der Waals surface area (Å²) in [6.45, 7) is 1.40. The molecule has 0 fully saturated rings. The molecule has 1 aliphatic rings. The molecule has 3 heterocycles. The Kier molecular flexibility index (Phi) is 5.86. The largest absolute Gasteiger partial charge is 0.451 e. The standard InChI is InChI=1S/C22H19F3N2O3S/c23-22(24,25)16-3-1-2-14(12-16)17-4-5-18(30-17)21(29)26-9-6-20(28)27-10-7-19-15(13-27)8-11-31-19/h1-5,8,11-12H,6-7,9-10,13H2,(H,26,29). The molecule has 0 radical (unpaired) electrons. The minimum atomic E-state index is -4.46. The predicted molar refractivity (Wildman–Crippen MR) is 110 cm³/mol. The Bertz CT molecular complexity index is 1100. The Morgan fingerprint density at radius 3 is 2.81 bits per heavy atom. The Labute approximate surface area is 180 Å². The van der Waals surface area contributed by atoms with Crippen LogP contribution in [0.5, 0.6) is 0 Å². The van der Waals surface area contributed by atoms with Crippen molar-refractivity contribution in [2.75, 3.05) is 13.1 Å². The van der Waals surface area contributed by atoms with E-state index >= 15 is 0 Å². The summed E-state index contributed by atoms with van der Waals surface area (Å²) in [4.78, 5) is 27.8. The minimum Gasteiger partial charge on any atom is -0.451 e. The van der Waals surface area contributed by atoms with Crippen LogP contribution < -0.4 is 5.32 Å². The third-order valence-corrected chi connectivity index (χ3v) is 6.11. The van der Waals surface area contributed by atoms with Gasteiger partial charge in [-0.2, -0.15) is 13.2 Å². The van der Waals surface area contributed by atoms with Gasteiger partial charge in [-0.15, -0.1) is 11.3 Å². The van der Waals surface area contributed by atoms with Crippen LogP contribution in [-0.2, 0) is 23.9 Å². The molecule has 0 atom stereocenters. The van der Waals surface area contributed by atoms with Crippen molar-refractivity contribution in [1.82, 2.24) is 10.2 Å². The first kappa shape index (κ1) is 21.2. The Morgan fingerprint density at radius 2 is 2.00 bits per heavy atom. The number of fused-ring (bicyclic) bond motifs is 1. The molecular weight excluding hydrogens is 429 g/mol. The van der Waals surface area contributed by atoms with Gasteiger partial charge in [0, 0.05) is 36.5 Å². The van der Waals surface area contributed by atoms with Crippen LogP contribution >= 0.6 is 11.3 Å². The first-order chi connectivity index (χ1) is 14.8. The van der Waals surface area contributed by atoms with Crippen LogP contribution in [0.25, 0.3) is 11.3 Å². The normalized spacial score (nSPS) is 13.7. The van der Waals surface area contributed by atoms with E-state index in [-0.39, 0.29) is 36.0 Å². The second kappa shape index (κ2) is 8.58. The van der Waals surface area contributed by atoms with E-state index in [0.29, 0.717) is 13.1 Å². The van der Waals surface area contributed by atoms with Crippen molar-refractivity contribution in [2.24, 2.45) is 0 Å².